The average molecular weight is 351 g/mol. The molecule has 4 heteroatoms. The molecule has 0 bridgehead atoms. The molecule has 3 aromatic rings. The maximum Gasteiger partial charge on any atom is 0.123 e. The molecule has 2 nitrogen and oxygen atoms in total. The van der Waals surface area contributed by atoms with Crippen molar-refractivity contribution in [3.63, 3.8) is 0 Å². The summed E-state index contributed by atoms with van der Waals surface area (Å²) in [5.41, 5.74) is 4.07. The van der Waals surface area contributed by atoms with Gasteiger partial charge in [0.25, 0.3) is 0 Å². The van der Waals surface area contributed by atoms with Crippen molar-refractivity contribution in [2.75, 3.05) is 5.01 Å². The van der Waals surface area contributed by atoms with E-state index in [2.05, 4.69) is 12.1 Å². The van der Waals surface area contributed by atoms with Gasteiger partial charge in [-0.2, -0.15) is 5.10 Å². The molecule has 3 aromatic carbocycles. The van der Waals surface area contributed by atoms with E-state index in [9.17, 15) is 4.39 Å². The Morgan fingerprint density at radius 2 is 1.56 bits per heavy atom. The third-order valence-electron chi connectivity index (χ3n) is 4.36. The highest BCUT2D eigenvalue weighted by Crippen LogP contribution is 2.36. The van der Waals surface area contributed by atoms with Crippen LogP contribution in [-0.2, 0) is 0 Å². The zero-order chi connectivity index (χ0) is 17.2. The average Bonchev–Trinajstić information content (AvgIpc) is 3.09. The summed E-state index contributed by atoms with van der Waals surface area (Å²) in [7, 11) is 0. The number of rotatable bonds is 3. The van der Waals surface area contributed by atoms with Gasteiger partial charge in [-0.15, -0.1) is 0 Å². The summed E-state index contributed by atoms with van der Waals surface area (Å²) in [6, 6.07) is 24.6. The van der Waals surface area contributed by atoms with Crippen molar-refractivity contribution >= 4 is 23.0 Å². The Kier molecular flexibility index (Phi) is 4.24. The smallest absolute Gasteiger partial charge is 0.123 e. The predicted molar refractivity (Wildman–Crippen MR) is 101 cm³/mol. The first-order chi connectivity index (χ1) is 12.2. The Labute approximate surface area is 151 Å². The van der Waals surface area contributed by atoms with E-state index >= 15 is 0 Å². The van der Waals surface area contributed by atoms with Gasteiger partial charge in [0, 0.05) is 11.4 Å². The number of hydrazone groups is 1. The fourth-order valence-electron chi connectivity index (χ4n) is 3.09. The van der Waals surface area contributed by atoms with Crippen molar-refractivity contribution in [3.8, 4) is 0 Å². The molecule has 0 aromatic heterocycles. The topological polar surface area (TPSA) is 15.6 Å². The molecule has 0 N–H and O–H groups in total. The van der Waals surface area contributed by atoms with Crippen LogP contribution in [0.1, 0.15) is 23.6 Å². The molecule has 1 aliphatic rings. The molecule has 0 amide bonds. The SMILES string of the molecule is Fc1ccc(C2=NN(c3ccc(Cl)cc3)[C@H](c3ccccc3)C2)cc1. The highest BCUT2D eigenvalue weighted by Gasteiger charge is 2.29. The van der Waals surface area contributed by atoms with Crippen LogP contribution in [0.15, 0.2) is 84.0 Å². The largest absolute Gasteiger partial charge is 0.257 e. The monoisotopic (exact) mass is 350 g/mol. The van der Waals surface area contributed by atoms with Crippen molar-refractivity contribution in [1.82, 2.24) is 0 Å². The van der Waals surface area contributed by atoms with Crippen molar-refractivity contribution < 1.29 is 4.39 Å². The molecule has 0 spiro atoms. The molecule has 124 valence electrons. The second-order valence-corrected chi connectivity index (χ2v) is 6.44. The van der Waals surface area contributed by atoms with Crippen LogP contribution in [0.4, 0.5) is 10.1 Å². The van der Waals surface area contributed by atoms with Crippen LogP contribution in [0.2, 0.25) is 5.02 Å². The van der Waals surface area contributed by atoms with Gasteiger partial charge < -0.3 is 0 Å². The van der Waals surface area contributed by atoms with Crippen LogP contribution in [0.5, 0.6) is 0 Å². The van der Waals surface area contributed by atoms with Crippen LogP contribution in [-0.4, -0.2) is 5.71 Å². The number of hydrogen-bond donors (Lipinski definition) is 0. The molecule has 0 saturated carbocycles. The molecule has 1 atom stereocenters. The minimum absolute atomic E-state index is 0.0995. The lowest BCUT2D eigenvalue weighted by molar-refractivity contribution is 0.627. The number of nitrogens with zero attached hydrogens (tertiary/aromatic N) is 2. The lowest BCUT2D eigenvalue weighted by Gasteiger charge is -2.24. The van der Waals surface area contributed by atoms with Crippen molar-refractivity contribution in [2.24, 2.45) is 5.10 Å². The van der Waals surface area contributed by atoms with Crippen molar-refractivity contribution in [2.45, 2.75) is 12.5 Å². The Balaban J connectivity index is 1.74. The fourth-order valence-corrected chi connectivity index (χ4v) is 3.22. The van der Waals surface area contributed by atoms with E-state index < -0.39 is 0 Å². The summed E-state index contributed by atoms with van der Waals surface area (Å²) >= 11 is 6.02. The van der Waals surface area contributed by atoms with Gasteiger partial charge in [-0.05, 0) is 47.5 Å². The first kappa shape index (κ1) is 15.9. The number of benzene rings is 3. The normalized spacial score (nSPS) is 16.8. The van der Waals surface area contributed by atoms with Gasteiger partial charge in [-0.1, -0.05) is 54.1 Å². The van der Waals surface area contributed by atoms with E-state index in [1.54, 1.807) is 12.1 Å². The summed E-state index contributed by atoms with van der Waals surface area (Å²) in [6.07, 6.45) is 0.762. The van der Waals surface area contributed by atoms with Gasteiger partial charge in [0.15, 0.2) is 0 Å². The van der Waals surface area contributed by atoms with E-state index in [-0.39, 0.29) is 11.9 Å². The molecule has 1 heterocycles. The van der Waals surface area contributed by atoms with E-state index in [4.69, 9.17) is 16.7 Å². The van der Waals surface area contributed by atoms with Crippen LogP contribution < -0.4 is 5.01 Å². The lowest BCUT2D eigenvalue weighted by atomic mass is 9.98. The van der Waals surface area contributed by atoms with Crippen molar-refractivity contribution in [1.29, 1.82) is 0 Å². The minimum Gasteiger partial charge on any atom is -0.257 e. The highest BCUT2D eigenvalue weighted by molar-refractivity contribution is 6.30. The van der Waals surface area contributed by atoms with Crippen molar-refractivity contribution in [3.05, 3.63) is 101 Å². The molecule has 0 unspecified atom stereocenters. The van der Waals surface area contributed by atoms with E-state index in [0.29, 0.717) is 5.02 Å². The maximum absolute atomic E-state index is 13.2. The lowest BCUT2D eigenvalue weighted by Crippen LogP contribution is -2.18. The zero-order valence-electron chi connectivity index (χ0n) is 13.4. The second kappa shape index (κ2) is 6.69. The number of halogens is 2. The van der Waals surface area contributed by atoms with Gasteiger partial charge in [0.1, 0.15) is 5.82 Å². The molecular formula is C21H16ClFN2. The number of hydrogen-bond acceptors (Lipinski definition) is 2. The Hall–Kier alpha value is -2.65. The summed E-state index contributed by atoms with van der Waals surface area (Å²) in [4.78, 5) is 0. The molecule has 0 aliphatic carbocycles. The van der Waals surface area contributed by atoms with E-state index in [0.717, 1.165) is 23.4 Å². The first-order valence-corrected chi connectivity index (χ1v) is 8.52. The van der Waals surface area contributed by atoms with Crippen LogP contribution in [0.3, 0.4) is 0 Å². The van der Waals surface area contributed by atoms with Crippen LogP contribution >= 0.6 is 11.6 Å². The molecular weight excluding hydrogens is 335 g/mol. The maximum atomic E-state index is 13.2. The molecule has 0 saturated heterocycles. The fraction of sp³-hybridized carbons (Fsp3) is 0.0952. The minimum atomic E-state index is -0.239. The van der Waals surface area contributed by atoms with Gasteiger partial charge in [-0.25, -0.2) is 4.39 Å². The Morgan fingerprint density at radius 1 is 0.880 bits per heavy atom. The molecule has 0 radical (unpaired) electrons. The van der Waals surface area contributed by atoms with E-state index in [1.807, 2.05) is 47.5 Å². The Bertz CT molecular complexity index is 889. The second-order valence-electron chi connectivity index (χ2n) is 6.01. The first-order valence-electron chi connectivity index (χ1n) is 8.14. The highest BCUT2D eigenvalue weighted by atomic mass is 35.5. The third-order valence-corrected chi connectivity index (χ3v) is 4.62. The summed E-state index contributed by atoms with van der Waals surface area (Å²) < 4.78 is 13.2. The van der Waals surface area contributed by atoms with E-state index in [1.165, 1.54) is 17.7 Å². The summed E-state index contributed by atoms with van der Waals surface area (Å²) in [5.74, 6) is -0.239. The van der Waals surface area contributed by atoms with Gasteiger partial charge in [0.2, 0.25) is 0 Å². The third kappa shape index (κ3) is 3.28. The zero-order valence-corrected chi connectivity index (χ0v) is 14.2. The van der Waals surface area contributed by atoms with Gasteiger partial charge >= 0.3 is 0 Å². The number of anilines is 1. The van der Waals surface area contributed by atoms with Gasteiger partial charge in [-0.3, -0.25) is 5.01 Å². The van der Waals surface area contributed by atoms with Crippen LogP contribution in [0.25, 0.3) is 0 Å². The predicted octanol–water partition coefficient (Wildman–Crippen LogP) is 5.83. The summed E-state index contributed by atoms with van der Waals surface area (Å²) in [6.45, 7) is 0. The quantitative estimate of drug-likeness (QED) is 0.579. The Morgan fingerprint density at radius 3 is 2.24 bits per heavy atom. The van der Waals surface area contributed by atoms with Gasteiger partial charge in [0.05, 0.1) is 17.4 Å². The molecule has 25 heavy (non-hydrogen) atoms. The summed E-state index contributed by atoms with van der Waals surface area (Å²) in [5, 5.41) is 7.54. The molecule has 1 aliphatic heterocycles. The van der Waals surface area contributed by atoms with Crippen LogP contribution in [0, 0.1) is 5.82 Å². The molecule has 0 fully saturated rings. The molecule has 4 rings (SSSR count). The standard InChI is InChI=1S/C21H16ClFN2/c22-17-8-12-19(13-9-17)25-21(16-4-2-1-3-5-16)14-20(24-25)15-6-10-18(23)11-7-15/h1-13,21H,14H2/t21-/m0/s1.